The Hall–Kier alpha value is -3.39. The molecule has 3 heterocycles. The first-order valence-electron chi connectivity index (χ1n) is 11.4. The van der Waals surface area contributed by atoms with Gasteiger partial charge in [-0.25, -0.2) is 18.3 Å². The van der Waals surface area contributed by atoms with Crippen LogP contribution in [0.25, 0.3) is 11.3 Å². The molecule has 0 bridgehead atoms. The fourth-order valence-corrected chi connectivity index (χ4v) is 4.13. The number of rotatable bonds is 9. The number of methoxy groups -OCH3 is 1. The zero-order valence-corrected chi connectivity index (χ0v) is 20.2. The van der Waals surface area contributed by atoms with Gasteiger partial charge in [0.15, 0.2) is 11.6 Å². The molecule has 1 aliphatic rings. The molecule has 2 aromatic heterocycles. The summed E-state index contributed by atoms with van der Waals surface area (Å²) in [6.45, 7) is 2.93. The van der Waals surface area contributed by atoms with Crippen molar-refractivity contribution in [3.63, 3.8) is 0 Å². The second kappa shape index (κ2) is 11.1. The summed E-state index contributed by atoms with van der Waals surface area (Å²) in [6, 6.07) is 2.41. The molecule has 0 spiro atoms. The number of halogens is 2. The highest BCUT2D eigenvalue weighted by Crippen LogP contribution is 2.31. The molecule has 1 aromatic carbocycles. The topological polar surface area (TPSA) is 119 Å². The van der Waals surface area contributed by atoms with Crippen LogP contribution in [-0.4, -0.2) is 75.2 Å². The van der Waals surface area contributed by atoms with E-state index in [2.05, 4.69) is 20.8 Å². The minimum absolute atomic E-state index is 0.172. The number of urea groups is 1. The van der Waals surface area contributed by atoms with Crippen molar-refractivity contribution in [3.8, 4) is 11.3 Å². The number of benzene rings is 1. The molecule has 194 valence electrons. The lowest BCUT2D eigenvalue weighted by Crippen LogP contribution is -2.42. The van der Waals surface area contributed by atoms with E-state index in [-0.39, 0.29) is 13.2 Å². The third kappa shape index (κ3) is 5.54. The molecule has 3 N–H and O–H groups in total. The number of carbonyl (C=O) groups excluding carboxylic acids is 1. The molecule has 1 aliphatic heterocycles. The standard InChI is InChI=1S/C23H29F2N7O4/c1-14-20(16-11-26-30(2)12-16)29-32(6-8-33)22(14)28-23(34)27-19-13-31(7-9-35-3)36-21(19)15-4-5-17(24)18(25)10-15/h4-5,10-12,19,21,33H,6-9,13H2,1-3H3,(H2,27,28,34)/t19-,21+/m1/s1. The van der Waals surface area contributed by atoms with Crippen LogP contribution in [0.3, 0.4) is 0 Å². The van der Waals surface area contributed by atoms with E-state index in [0.717, 1.165) is 17.7 Å². The quantitative estimate of drug-likeness (QED) is 0.407. The third-order valence-electron chi connectivity index (χ3n) is 5.87. The number of hydrogen-bond acceptors (Lipinski definition) is 7. The molecule has 2 amide bonds. The maximum absolute atomic E-state index is 13.9. The van der Waals surface area contributed by atoms with Crippen molar-refractivity contribution in [2.75, 3.05) is 38.7 Å². The van der Waals surface area contributed by atoms with Crippen LogP contribution in [-0.2, 0) is 23.2 Å². The van der Waals surface area contributed by atoms with Gasteiger partial charge in [0.25, 0.3) is 0 Å². The summed E-state index contributed by atoms with van der Waals surface area (Å²) in [5, 5.41) is 25.5. The molecule has 36 heavy (non-hydrogen) atoms. The lowest BCUT2D eigenvalue weighted by molar-refractivity contribution is -0.154. The van der Waals surface area contributed by atoms with Crippen LogP contribution in [0, 0.1) is 18.6 Å². The monoisotopic (exact) mass is 505 g/mol. The Balaban J connectivity index is 1.54. The fourth-order valence-electron chi connectivity index (χ4n) is 4.13. The molecular weight excluding hydrogens is 476 g/mol. The Morgan fingerprint density at radius 2 is 2.11 bits per heavy atom. The Kier molecular flexibility index (Phi) is 7.94. The van der Waals surface area contributed by atoms with Crippen molar-refractivity contribution in [2.45, 2.75) is 25.6 Å². The minimum Gasteiger partial charge on any atom is -0.394 e. The number of aliphatic hydroxyl groups excluding tert-OH is 1. The number of aromatic nitrogens is 4. The van der Waals surface area contributed by atoms with E-state index < -0.39 is 29.8 Å². The third-order valence-corrected chi connectivity index (χ3v) is 5.87. The van der Waals surface area contributed by atoms with Crippen molar-refractivity contribution in [1.29, 1.82) is 0 Å². The summed E-state index contributed by atoms with van der Waals surface area (Å²) in [5.41, 5.74) is 2.49. The average Bonchev–Trinajstić information content (AvgIpc) is 3.53. The predicted octanol–water partition coefficient (Wildman–Crippen LogP) is 1.99. The Bertz CT molecular complexity index is 1220. The molecule has 2 atom stereocenters. The lowest BCUT2D eigenvalue weighted by Gasteiger charge is -2.19. The SMILES string of the molecule is COCCN1C[C@@H](NC(=O)Nc2c(C)c(-c3cnn(C)c3)nn2CCO)[C@H](c2ccc(F)c(F)c2)O1. The van der Waals surface area contributed by atoms with Gasteiger partial charge >= 0.3 is 6.03 Å². The van der Waals surface area contributed by atoms with E-state index in [1.807, 2.05) is 6.92 Å². The molecule has 0 unspecified atom stereocenters. The van der Waals surface area contributed by atoms with Gasteiger partial charge in [-0.3, -0.25) is 14.8 Å². The second-order valence-corrected chi connectivity index (χ2v) is 8.46. The average molecular weight is 506 g/mol. The largest absolute Gasteiger partial charge is 0.394 e. The van der Waals surface area contributed by atoms with Gasteiger partial charge in [-0.1, -0.05) is 6.07 Å². The first kappa shape index (κ1) is 25.7. The van der Waals surface area contributed by atoms with Gasteiger partial charge in [0.1, 0.15) is 17.6 Å². The first-order chi connectivity index (χ1) is 17.3. The smallest absolute Gasteiger partial charge is 0.320 e. The van der Waals surface area contributed by atoms with Gasteiger partial charge in [-0.2, -0.15) is 15.3 Å². The van der Waals surface area contributed by atoms with E-state index in [0.29, 0.717) is 42.3 Å². The van der Waals surface area contributed by atoms with Gasteiger partial charge in [-0.15, -0.1) is 0 Å². The first-order valence-corrected chi connectivity index (χ1v) is 11.4. The molecule has 1 fully saturated rings. The summed E-state index contributed by atoms with van der Waals surface area (Å²) in [4.78, 5) is 19.0. The van der Waals surface area contributed by atoms with Crippen molar-refractivity contribution in [2.24, 2.45) is 7.05 Å². The number of ether oxygens (including phenoxy) is 1. The Morgan fingerprint density at radius 3 is 2.78 bits per heavy atom. The van der Waals surface area contributed by atoms with Crippen LogP contribution < -0.4 is 10.6 Å². The van der Waals surface area contributed by atoms with Crippen molar-refractivity contribution in [1.82, 2.24) is 29.9 Å². The summed E-state index contributed by atoms with van der Waals surface area (Å²) in [5.74, 6) is -1.55. The fraction of sp³-hybridized carbons (Fsp3) is 0.435. The maximum atomic E-state index is 13.9. The van der Waals surface area contributed by atoms with Gasteiger partial charge < -0.3 is 15.2 Å². The normalized spacial score (nSPS) is 18.1. The second-order valence-electron chi connectivity index (χ2n) is 8.46. The number of aryl methyl sites for hydroxylation is 1. The molecule has 11 nitrogen and oxygen atoms in total. The molecule has 0 aliphatic carbocycles. The minimum atomic E-state index is -0.999. The van der Waals surface area contributed by atoms with Crippen molar-refractivity contribution < 1.29 is 28.3 Å². The van der Waals surface area contributed by atoms with Crippen LogP contribution in [0.4, 0.5) is 19.4 Å². The number of nitrogens with zero attached hydrogens (tertiary/aromatic N) is 5. The summed E-state index contributed by atoms with van der Waals surface area (Å²) >= 11 is 0. The lowest BCUT2D eigenvalue weighted by atomic mass is 10.0. The summed E-state index contributed by atoms with van der Waals surface area (Å²) in [6.07, 6.45) is 2.73. The van der Waals surface area contributed by atoms with Gasteiger partial charge in [-0.05, 0) is 24.6 Å². The molecule has 0 radical (unpaired) electrons. The van der Waals surface area contributed by atoms with E-state index >= 15 is 0 Å². The molecule has 1 saturated heterocycles. The number of amides is 2. The molecular formula is C23H29F2N7O4. The Morgan fingerprint density at radius 1 is 1.31 bits per heavy atom. The summed E-state index contributed by atoms with van der Waals surface area (Å²) in [7, 11) is 3.35. The number of anilines is 1. The van der Waals surface area contributed by atoms with E-state index in [1.165, 1.54) is 10.7 Å². The molecule has 0 saturated carbocycles. The number of hydrogen-bond donors (Lipinski definition) is 3. The van der Waals surface area contributed by atoms with Crippen LogP contribution >= 0.6 is 0 Å². The van der Waals surface area contributed by atoms with Crippen LogP contribution in [0.15, 0.2) is 30.6 Å². The van der Waals surface area contributed by atoms with E-state index in [1.54, 1.807) is 36.3 Å². The van der Waals surface area contributed by atoms with Crippen LogP contribution in [0.2, 0.25) is 0 Å². The number of nitrogens with one attached hydrogen (secondary N) is 2. The highest BCUT2D eigenvalue weighted by molar-refractivity contribution is 5.90. The predicted molar refractivity (Wildman–Crippen MR) is 126 cm³/mol. The van der Waals surface area contributed by atoms with Gasteiger partial charge in [0, 0.05) is 44.6 Å². The van der Waals surface area contributed by atoms with Crippen molar-refractivity contribution >= 4 is 11.8 Å². The van der Waals surface area contributed by atoms with Crippen LogP contribution in [0.5, 0.6) is 0 Å². The van der Waals surface area contributed by atoms with E-state index in [4.69, 9.17) is 9.57 Å². The van der Waals surface area contributed by atoms with Crippen molar-refractivity contribution in [3.05, 3.63) is 53.4 Å². The highest BCUT2D eigenvalue weighted by atomic mass is 19.2. The Labute approximate surface area is 206 Å². The molecule has 4 rings (SSSR count). The van der Waals surface area contributed by atoms with E-state index in [9.17, 15) is 18.7 Å². The van der Waals surface area contributed by atoms with Gasteiger partial charge in [0.2, 0.25) is 0 Å². The molecule has 13 heteroatoms. The zero-order valence-electron chi connectivity index (χ0n) is 20.2. The number of carbonyl (C=O) groups is 1. The number of hydroxylamine groups is 2. The van der Waals surface area contributed by atoms with Crippen LogP contribution in [0.1, 0.15) is 17.2 Å². The zero-order chi connectivity index (χ0) is 25.8. The highest BCUT2D eigenvalue weighted by Gasteiger charge is 2.37. The summed E-state index contributed by atoms with van der Waals surface area (Å²) < 4.78 is 35.7. The maximum Gasteiger partial charge on any atom is 0.320 e. The van der Waals surface area contributed by atoms with Gasteiger partial charge in [0.05, 0.1) is 32.0 Å². The molecule has 3 aromatic rings. The number of aliphatic hydroxyl groups is 1.